The number of aromatic hydroxyl groups is 3. The maximum Gasteiger partial charge on any atom is 0.330 e. The standard InChI is InChI=1S/C23H24O11/c1-12(24)32-22-18(11-31-19(28)9-3-13-2-8-16(26)17(27)10-13)34-23(21(30)20(22)29)33-15-6-4-14(25)5-7-15/h2-10,18,20-23,25-27,29-30H,11H2,1H3/b9-3+/t18-,20-,21-,22-,23-/m1/s1. The number of benzene rings is 2. The molecule has 1 aliphatic rings. The van der Waals surface area contributed by atoms with Gasteiger partial charge in [0, 0.05) is 13.0 Å². The molecule has 0 spiro atoms. The van der Waals surface area contributed by atoms with Crippen LogP contribution >= 0.6 is 0 Å². The number of aliphatic hydroxyl groups is 2. The van der Waals surface area contributed by atoms with Crippen LogP contribution in [-0.2, 0) is 23.8 Å². The summed E-state index contributed by atoms with van der Waals surface area (Å²) in [4.78, 5) is 23.6. The van der Waals surface area contributed by atoms with Crippen molar-refractivity contribution in [2.45, 2.75) is 37.6 Å². The quantitative estimate of drug-likeness (QED) is 0.218. The summed E-state index contributed by atoms with van der Waals surface area (Å²) < 4.78 is 21.3. The molecule has 1 heterocycles. The van der Waals surface area contributed by atoms with Crippen molar-refractivity contribution in [2.24, 2.45) is 0 Å². The largest absolute Gasteiger partial charge is 0.508 e. The predicted molar refractivity (Wildman–Crippen MR) is 115 cm³/mol. The number of ether oxygens (including phenoxy) is 4. The van der Waals surface area contributed by atoms with Crippen molar-refractivity contribution in [2.75, 3.05) is 6.61 Å². The second-order valence-electron chi connectivity index (χ2n) is 7.42. The molecule has 0 bridgehead atoms. The lowest BCUT2D eigenvalue weighted by Crippen LogP contribution is -2.61. The number of phenols is 3. The fourth-order valence-corrected chi connectivity index (χ4v) is 3.15. The number of rotatable bonds is 7. The monoisotopic (exact) mass is 476 g/mol. The fraction of sp³-hybridized carbons (Fsp3) is 0.304. The Labute approximate surface area is 194 Å². The number of aliphatic hydroxyl groups excluding tert-OH is 2. The van der Waals surface area contributed by atoms with Gasteiger partial charge in [-0.2, -0.15) is 0 Å². The van der Waals surface area contributed by atoms with Crippen LogP contribution in [0.2, 0.25) is 0 Å². The average Bonchev–Trinajstić information content (AvgIpc) is 2.79. The zero-order chi connectivity index (χ0) is 24.8. The second-order valence-corrected chi connectivity index (χ2v) is 7.42. The van der Waals surface area contributed by atoms with Gasteiger partial charge < -0.3 is 44.5 Å². The minimum atomic E-state index is -1.61. The van der Waals surface area contributed by atoms with E-state index in [2.05, 4.69) is 0 Å². The molecule has 0 amide bonds. The van der Waals surface area contributed by atoms with Gasteiger partial charge >= 0.3 is 11.9 Å². The lowest BCUT2D eigenvalue weighted by molar-refractivity contribution is -0.281. The lowest BCUT2D eigenvalue weighted by Gasteiger charge is -2.41. The van der Waals surface area contributed by atoms with Crippen LogP contribution in [0.5, 0.6) is 23.0 Å². The van der Waals surface area contributed by atoms with Crippen molar-refractivity contribution in [1.29, 1.82) is 0 Å². The van der Waals surface area contributed by atoms with E-state index in [0.29, 0.717) is 5.56 Å². The molecular formula is C23H24O11. The van der Waals surface area contributed by atoms with E-state index < -0.39 is 49.3 Å². The van der Waals surface area contributed by atoms with Crippen molar-refractivity contribution in [3.63, 3.8) is 0 Å². The maximum atomic E-state index is 12.1. The second kappa shape index (κ2) is 10.9. The Morgan fingerprint density at radius 2 is 1.71 bits per heavy atom. The number of hydrogen-bond acceptors (Lipinski definition) is 11. The Morgan fingerprint density at radius 1 is 1.00 bits per heavy atom. The highest BCUT2D eigenvalue weighted by molar-refractivity contribution is 5.87. The minimum Gasteiger partial charge on any atom is -0.508 e. The summed E-state index contributed by atoms with van der Waals surface area (Å²) in [7, 11) is 0. The van der Waals surface area contributed by atoms with E-state index in [9.17, 15) is 35.1 Å². The van der Waals surface area contributed by atoms with Crippen LogP contribution in [-0.4, -0.2) is 74.8 Å². The van der Waals surface area contributed by atoms with Gasteiger partial charge in [-0.05, 0) is 48.0 Å². The molecule has 3 rings (SSSR count). The molecule has 5 N–H and O–H groups in total. The summed E-state index contributed by atoms with van der Waals surface area (Å²) in [5, 5.41) is 49.1. The highest BCUT2D eigenvalue weighted by atomic mass is 16.7. The Morgan fingerprint density at radius 3 is 2.35 bits per heavy atom. The molecule has 0 saturated carbocycles. The van der Waals surface area contributed by atoms with Crippen molar-refractivity contribution >= 4 is 18.0 Å². The van der Waals surface area contributed by atoms with Crippen LogP contribution in [0.25, 0.3) is 6.08 Å². The van der Waals surface area contributed by atoms with E-state index in [1.807, 2.05) is 0 Å². The maximum absolute atomic E-state index is 12.1. The zero-order valence-electron chi connectivity index (χ0n) is 18.0. The summed E-state index contributed by atoms with van der Waals surface area (Å²) in [6.07, 6.45) is -4.75. The highest BCUT2D eigenvalue weighted by Crippen LogP contribution is 2.28. The van der Waals surface area contributed by atoms with Crippen LogP contribution in [0.4, 0.5) is 0 Å². The molecule has 1 fully saturated rings. The van der Waals surface area contributed by atoms with Crippen molar-refractivity contribution < 1.29 is 54.1 Å². The van der Waals surface area contributed by atoms with Crippen molar-refractivity contribution in [3.8, 4) is 23.0 Å². The summed E-state index contributed by atoms with van der Waals surface area (Å²) in [5.41, 5.74) is 0.417. The Kier molecular flexibility index (Phi) is 7.95. The molecule has 0 aromatic heterocycles. The third-order valence-electron chi connectivity index (χ3n) is 4.83. The average molecular weight is 476 g/mol. The van der Waals surface area contributed by atoms with Gasteiger partial charge in [-0.1, -0.05) is 6.07 Å². The van der Waals surface area contributed by atoms with E-state index in [1.54, 1.807) is 0 Å². The van der Waals surface area contributed by atoms with E-state index >= 15 is 0 Å². The smallest absolute Gasteiger partial charge is 0.330 e. The van der Waals surface area contributed by atoms with Gasteiger partial charge in [0.05, 0.1) is 0 Å². The molecule has 0 radical (unpaired) electrons. The van der Waals surface area contributed by atoms with Crippen molar-refractivity contribution in [1.82, 2.24) is 0 Å². The van der Waals surface area contributed by atoms with E-state index in [4.69, 9.17) is 18.9 Å². The Hall–Kier alpha value is -3.80. The van der Waals surface area contributed by atoms with E-state index in [-0.39, 0.29) is 23.0 Å². The van der Waals surface area contributed by atoms with Gasteiger partial charge in [0.2, 0.25) is 6.29 Å². The third kappa shape index (κ3) is 6.38. The van der Waals surface area contributed by atoms with Gasteiger partial charge in [0.15, 0.2) is 17.6 Å². The number of carbonyl (C=O) groups excluding carboxylic acids is 2. The van der Waals surface area contributed by atoms with Gasteiger partial charge in [-0.25, -0.2) is 4.79 Å². The van der Waals surface area contributed by atoms with Crippen LogP contribution in [0.15, 0.2) is 48.5 Å². The first kappa shape index (κ1) is 24.8. The first-order chi connectivity index (χ1) is 16.1. The molecule has 1 saturated heterocycles. The third-order valence-corrected chi connectivity index (χ3v) is 4.83. The lowest BCUT2D eigenvalue weighted by atomic mass is 9.99. The zero-order valence-corrected chi connectivity index (χ0v) is 18.0. The summed E-state index contributed by atoms with van der Waals surface area (Å²) in [5.74, 6) is -2.02. The molecule has 0 aliphatic carbocycles. The Balaban J connectivity index is 1.67. The van der Waals surface area contributed by atoms with Gasteiger partial charge in [-0.3, -0.25) is 4.79 Å². The first-order valence-electron chi connectivity index (χ1n) is 10.2. The number of esters is 2. The number of carbonyl (C=O) groups is 2. The summed E-state index contributed by atoms with van der Waals surface area (Å²) in [6.45, 7) is 0.651. The Bertz CT molecular complexity index is 1030. The van der Waals surface area contributed by atoms with Crippen LogP contribution in [0.1, 0.15) is 12.5 Å². The summed E-state index contributed by atoms with van der Waals surface area (Å²) in [6, 6.07) is 9.48. The molecule has 2 aromatic rings. The van der Waals surface area contributed by atoms with E-state index in [1.165, 1.54) is 48.5 Å². The molecule has 2 aromatic carbocycles. The van der Waals surface area contributed by atoms with Gasteiger partial charge in [0.25, 0.3) is 0 Å². The number of phenolic OH excluding ortho intramolecular Hbond substituents is 3. The van der Waals surface area contributed by atoms with E-state index in [0.717, 1.165) is 13.0 Å². The predicted octanol–water partition coefficient (Wildman–Crippen LogP) is 0.817. The normalized spacial score (nSPS) is 24.5. The van der Waals surface area contributed by atoms with Crippen molar-refractivity contribution in [3.05, 3.63) is 54.1 Å². The molecule has 11 nitrogen and oxygen atoms in total. The van der Waals surface area contributed by atoms with Crippen LogP contribution in [0, 0.1) is 0 Å². The highest BCUT2D eigenvalue weighted by Gasteiger charge is 2.48. The molecule has 34 heavy (non-hydrogen) atoms. The van der Waals surface area contributed by atoms with Crippen LogP contribution in [0.3, 0.4) is 0 Å². The molecule has 182 valence electrons. The van der Waals surface area contributed by atoms with Gasteiger partial charge in [-0.15, -0.1) is 0 Å². The number of hydrogen-bond donors (Lipinski definition) is 5. The SMILES string of the molecule is CC(=O)O[C@H]1[C@H](O)[C@@H](O)[C@H](Oc2ccc(O)cc2)O[C@@H]1COC(=O)/C=C/c1ccc(O)c(O)c1. The minimum absolute atomic E-state index is 0.00669. The molecule has 1 aliphatic heterocycles. The summed E-state index contributed by atoms with van der Waals surface area (Å²) >= 11 is 0. The first-order valence-corrected chi connectivity index (χ1v) is 10.2. The van der Waals surface area contributed by atoms with Gasteiger partial charge in [0.1, 0.15) is 36.4 Å². The molecule has 5 atom stereocenters. The topological polar surface area (TPSA) is 172 Å². The van der Waals surface area contributed by atoms with Crippen LogP contribution < -0.4 is 4.74 Å². The molecule has 11 heteroatoms. The molecule has 0 unspecified atom stereocenters. The molecular weight excluding hydrogens is 452 g/mol. The fourth-order valence-electron chi connectivity index (χ4n) is 3.15.